The maximum absolute atomic E-state index is 12.5. The summed E-state index contributed by atoms with van der Waals surface area (Å²) in [6, 6.07) is 9.44. The molecule has 8 heteroatoms. The summed E-state index contributed by atoms with van der Waals surface area (Å²) in [5.41, 5.74) is 0.838. The number of hydrogen-bond donors (Lipinski definition) is 1. The van der Waals surface area contributed by atoms with Crippen molar-refractivity contribution in [3.05, 3.63) is 30.3 Å². The molecule has 2 rings (SSSR count). The molecule has 0 saturated heterocycles. The lowest BCUT2D eigenvalue weighted by Gasteiger charge is -2.21. The molecule has 1 N–H and O–H groups in total. The molecule has 8 nitrogen and oxygen atoms in total. The van der Waals surface area contributed by atoms with Crippen LogP contribution in [0.5, 0.6) is 0 Å². The second-order valence-electron chi connectivity index (χ2n) is 5.67. The topological polar surface area (TPSA) is 93.0 Å². The molecule has 2 amide bonds. The highest BCUT2D eigenvalue weighted by molar-refractivity contribution is 5.84. The van der Waals surface area contributed by atoms with Crippen molar-refractivity contribution in [1.29, 1.82) is 0 Å². The number of carbonyl (C=O) groups excluding carboxylic acids is 2. The Bertz CT molecular complexity index is 685. The van der Waals surface area contributed by atoms with Crippen LogP contribution in [-0.4, -0.2) is 56.6 Å². The van der Waals surface area contributed by atoms with Crippen LogP contribution in [-0.2, 0) is 16.1 Å². The first kappa shape index (κ1) is 18.6. The lowest BCUT2D eigenvalue weighted by Crippen LogP contribution is -2.42. The van der Waals surface area contributed by atoms with Gasteiger partial charge in [-0.3, -0.25) is 9.59 Å². The van der Waals surface area contributed by atoms with E-state index >= 15 is 0 Å². The molecule has 1 aromatic carbocycles. The van der Waals surface area contributed by atoms with Crippen LogP contribution in [0, 0.1) is 0 Å². The predicted molar refractivity (Wildman–Crippen MR) is 93.4 cm³/mol. The molecule has 0 aliphatic carbocycles. The average molecular weight is 344 g/mol. The van der Waals surface area contributed by atoms with Crippen LogP contribution in [0.15, 0.2) is 30.3 Å². The van der Waals surface area contributed by atoms with Crippen molar-refractivity contribution >= 4 is 11.8 Å². The van der Waals surface area contributed by atoms with Gasteiger partial charge in [-0.05, 0) is 18.1 Å². The fraction of sp³-hybridized carbons (Fsp3) is 0.471. The van der Waals surface area contributed by atoms with E-state index in [1.54, 1.807) is 0 Å². The van der Waals surface area contributed by atoms with Crippen LogP contribution >= 0.6 is 0 Å². The molecule has 0 fully saturated rings. The Hall–Kier alpha value is -2.77. The van der Waals surface area contributed by atoms with Gasteiger partial charge in [-0.25, -0.2) is 0 Å². The van der Waals surface area contributed by atoms with E-state index < -0.39 is 0 Å². The molecule has 2 aromatic rings. The molecular formula is C17H24N6O2. The average Bonchev–Trinajstić information content (AvgIpc) is 3.09. The van der Waals surface area contributed by atoms with Gasteiger partial charge in [0.25, 0.3) is 0 Å². The molecule has 134 valence electrons. The Labute approximate surface area is 147 Å². The summed E-state index contributed by atoms with van der Waals surface area (Å²) in [7, 11) is 0. The van der Waals surface area contributed by atoms with Crippen molar-refractivity contribution in [2.45, 2.75) is 33.2 Å². The summed E-state index contributed by atoms with van der Waals surface area (Å²) >= 11 is 0. The SMILES string of the molecule is CCCNC(=O)CN(CCC)C(=O)Cn1nnc(-c2ccccc2)n1. The van der Waals surface area contributed by atoms with Crippen molar-refractivity contribution in [2.75, 3.05) is 19.6 Å². The Morgan fingerprint density at radius 3 is 2.60 bits per heavy atom. The van der Waals surface area contributed by atoms with Gasteiger partial charge in [-0.2, -0.15) is 4.80 Å². The van der Waals surface area contributed by atoms with E-state index in [-0.39, 0.29) is 24.9 Å². The van der Waals surface area contributed by atoms with Crippen LogP contribution in [0.4, 0.5) is 0 Å². The number of aromatic nitrogens is 4. The first-order valence-electron chi connectivity index (χ1n) is 8.51. The van der Waals surface area contributed by atoms with Gasteiger partial charge in [0.1, 0.15) is 6.54 Å². The summed E-state index contributed by atoms with van der Waals surface area (Å²) in [5, 5.41) is 14.9. The third-order valence-electron chi connectivity index (χ3n) is 3.51. The molecule has 25 heavy (non-hydrogen) atoms. The molecule has 0 unspecified atom stereocenters. The minimum Gasteiger partial charge on any atom is -0.355 e. The lowest BCUT2D eigenvalue weighted by atomic mass is 10.2. The van der Waals surface area contributed by atoms with Crippen LogP contribution in [0.25, 0.3) is 11.4 Å². The molecule has 0 radical (unpaired) electrons. The molecule has 1 heterocycles. The second-order valence-corrected chi connectivity index (χ2v) is 5.67. The van der Waals surface area contributed by atoms with E-state index in [4.69, 9.17) is 0 Å². The fourth-order valence-electron chi connectivity index (χ4n) is 2.29. The van der Waals surface area contributed by atoms with Crippen LogP contribution in [0.3, 0.4) is 0 Å². The monoisotopic (exact) mass is 344 g/mol. The molecule has 1 aromatic heterocycles. The highest BCUT2D eigenvalue weighted by atomic mass is 16.2. The Morgan fingerprint density at radius 1 is 1.16 bits per heavy atom. The minimum absolute atomic E-state index is 0.0408. The van der Waals surface area contributed by atoms with E-state index in [9.17, 15) is 9.59 Å². The highest BCUT2D eigenvalue weighted by Crippen LogP contribution is 2.11. The van der Waals surface area contributed by atoms with Gasteiger partial charge in [-0.15, -0.1) is 10.2 Å². The number of carbonyl (C=O) groups is 2. The van der Waals surface area contributed by atoms with Gasteiger partial charge < -0.3 is 10.2 Å². The van der Waals surface area contributed by atoms with Crippen LogP contribution in [0.2, 0.25) is 0 Å². The van der Waals surface area contributed by atoms with Crippen molar-refractivity contribution in [3.8, 4) is 11.4 Å². The summed E-state index contributed by atoms with van der Waals surface area (Å²) in [6.45, 7) is 5.08. The van der Waals surface area contributed by atoms with Crippen LogP contribution in [0.1, 0.15) is 26.7 Å². The second kappa shape index (κ2) is 9.51. The van der Waals surface area contributed by atoms with Crippen molar-refractivity contribution in [1.82, 2.24) is 30.4 Å². The summed E-state index contributed by atoms with van der Waals surface area (Å²) < 4.78 is 0. The summed E-state index contributed by atoms with van der Waals surface area (Å²) in [6.07, 6.45) is 1.63. The number of benzene rings is 1. The van der Waals surface area contributed by atoms with E-state index in [2.05, 4.69) is 20.7 Å². The number of amides is 2. The van der Waals surface area contributed by atoms with Gasteiger partial charge in [-0.1, -0.05) is 44.2 Å². The smallest absolute Gasteiger partial charge is 0.246 e. The lowest BCUT2D eigenvalue weighted by molar-refractivity contribution is -0.137. The molecule has 0 spiro atoms. The third-order valence-corrected chi connectivity index (χ3v) is 3.51. The van der Waals surface area contributed by atoms with Gasteiger partial charge >= 0.3 is 0 Å². The van der Waals surface area contributed by atoms with Crippen LogP contribution < -0.4 is 5.32 Å². The zero-order chi connectivity index (χ0) is 18.1. The highest BCUT2D eigenvalue weighted by Gasteiger charge is 2.18. The Kier molecular flexibility index (Phi) is 7.06. The first-order valence-corrected chi connectivity index (χ1v) is 8.51. The first-order chi connectivity index (χ1) is 12.1. The molecule has 0 aliphatic rings. The van der Waals surface area contributed by atoms with Gasteiger partial charge in [0, 0.05) is 18.7 Å². The summed E-state index contributed by atoms with van der Waals surface area (Å²) in [5.74, 6) is 0.113. The number of tetrazole rings is 1. The fourth-order valence-corrected chi connectivity index (χ4v) is 2.29. The minimum atomic E-state index is -0.203. The van der Waals surface area contributed by atoms with Gasteiger partial charge in [0.15, 0.2) is 0 Å². The number of hydrogen-bond acceptors (Lipinski definition) is 5. The molecule has 0 saturated carbocycles. The van der Waals surface area contributed by atoms with Crippen molar-refractivity contribution < 1.29 is 9.59 Å². The number of rotatable bonds is 9. The largest absolute Gasteiger partial charge is 0.355 e. The quantitative estimate of drug-likeness (QED) is 0.735. The standard InChI is InChI=1S/C17H24N6O2/c1-3-10-18-15(24)12-22(11-4-2)16(25)13-23-20-17(19-21-23)14-8-6-5-7-9-14/h5-9H,3-4,10-13H2,1-2H3,(H,18,24). The normalized spacial score (nSPS) is 10.5. The third kappa shape index (κ3) is 5.66. The maximum Gasteiger partial charge on any atom is 0.246 e. The Morgan fingerprint density at radius 2 is 1.92 bits per heavy atom. The van der Waals surface area contributed by atoms with Gasteiger partial charge in [0.05, 0.1) is 6.54 Å². The molecule has 0 atom stereocenters. The van der Waals surface area contributed by atoms with Crippen molar-refractivity contribution in [3.63, 3.8) is 0 Å². The molecular weight excluding hydrogens is 320 g/mol. The number of nitrogens with one attached hydrogen (secondary N) is 1. The van der Waals surface area contributed by atoms with Gasteiger partial charge in [0.2, 0.25) is 17.6 Å². The predicted octanol–water partition coefficient (Wildman–Crippen LogP) is 1.10. The molecule has 0 aliphatic heterocycles. The zero-order valence-corrected chi connectivity index (χ0v) is 14.7. The van der Waals surface area contributed by atoms with E-state index in [0.29, 0.717) is 18.9 Å². The van der Waals surface area contributed by atoms with E-state index in [1.807, 2.05) is 44.2 Å². The maximum atomic E-state index is 12.5. The zero-order valence-electron chi connectivity index (χ0n) is 14.7. The number of nitrogens with zero attached hydrogens (tertiary/aromatic N) is 5. The van der Waals surface area contributed by atoms with E-state index in [0.717, 1.165) is 18.4 Å². The van der Waals surface area contributed by atoms with E-state index in [1.165, 1.54) is 9.70 Å². The Balaban J connectivity index is 1.98. The summed E-state index contributed by atoms with van der Waals surface area (Å²) in [4.78, 5) is 27.1. The molecule has 0 bridgehead atoms. The van der Waals surface area contributed by atoms with Crippen molar-refractivity contribution in [2.24, 2.45) is 0 Å².